The number of unbranched alkanes of at least 4 members (excludes halogenated alkanes) is 1. The third-order valence-corrected chi connectivity index (χ3v) is 2.53. The number of allylic oxidation sites excluding steroid dienone is 1. The molecule has 0 aliphatic heterocycles. The largest absolute Gasteiger partial charge is 0.481 e. The van der Waals surface area contributed by atoms with Crippen LogP contribution in [0.15, 0.2) is 12.7 Å². The summed E-state index contributed by atoms with van der Waals surface area (Å²) in [6.07, 6.45) is 5.22. The van der Waals surface area contributed by atoms with Crippen LogP contribution >= 0.6 is 11.8 Å². The third kappa shape index (κ3) is 9.56. The number of rotatable bonds is 8. The fourth-order valence-corrected chi connectivity index (χ4v) is 1.68. The van der Waals surface area contributed by atoms with E-state index in [0.29, 0.717) is 6.42 Å². The Morgan fingerprint density at radius 2 is 2.08 bits per heavy atom. The highest BCUT2D eigenvalue weighted by Crippen LogP contribution is 2.07. The molecule has 0 aromatic heterocycles. The Morgan fingerprint density at radius 1 is 1.42 bits per heavy atom. The van der Waals surface area contributed by atoms with E-state index in [9.17, 15) is 4.79 Å². The van der Waals surface area contributed by atoms with Gasteiger partial charge in [0.2, 0.25) is 0 Å². The Morgan fingerprint density at radius 3 is 2.67 bits per heavy atom. The molecular weight excluding hydrogens is 172 g/mol. The highest BCUT2D eigenvalue weighted by molar-refractivity contribution is 7.99. The zero-order valence-electron chi connectivity index (χ0n) is 7.29. The summed E-state index contributed by atoms with van der Waals surface area (Å²) >= 11 is 1.82. The van der Waals surface area contributed by atoms with Gasteiger partial charge in [0.15, 0.2) is 0 Å². The van der Waals surface area contributed by atoms with Gasteiger partial charge in [-0.15, -0.1) is 6.58 Å². The molecule has 2 nitrogen and oxygen atoms in total. The fraction of sp³-hybridized carbons (Fsp3) is 0.667. The van der Waals surface area contributed by atoms with Crippen LogP contribution in [0.1, 0.15) is 25.7 Å². The summed E-state index contributed by atoms with van der Waals surface area (Å²) in [4.78, 5) is 10.1. The van der Waals surface area contributed by atoms with E-state index in [-0.39, 0.29) is 0 Å². The van der Waals surface area contributed by atoms with Crippen molar-refractivity contribution in [2.45, 2.75) is 25.7 Å². The van der Waals surface area contributed by atoms with Gasteiger partial charge in [0, 0.05) is 6.42 Å². The zero-order chi connectivity index (χ0) is 9.23. The van der Waals surface area contributed by atoms with Gasteiger partial charge in [0.05, 0.1) is 0 Å². The molecule has 12 heavy (non-hydrogen) atoms. The van der Waals surface area contributed by atoms with Gasteiger partial charge in [-0.25, -0.2) is 0 Å². The second kappa shape index (κ2) is 8.65. The minimum absolute atomic E-state index is 0.300. The van der Waals surface area contributed by atoms with Crippen molar-refractivity contribution in [1.29, 1.82) is 0 Å². The van der Waals surface area contributed by atoms with Crippen molar-refractivity contribution in [2.75, 3.05) is 11.5 Å². The van der Waals surface area contributed by atoms with Crippen LogP contribution < -0.4 is 0 Å². The van der Waals surface area contributed by atoms with E-state index in [0.717, 1.165) is 30.8 Å². The van der Waals surface area contributed by atoms with E-state index in [1.165, 1.54) is 0 Å². The molecule has 1 N–H and O–H groups in total. The summed E-state index contributed by atoms with van der Waals surface area (Å²) < 4.78 is 0. The summed E-state index contributed by atoms with van der Waals surface area (Å²) in [6, 6.07) is 0. The van der Waals surface area contributed by atoms with Gasteiger partial charge in [0.1, 0.15) is 0 Å². The Balaban J connectivity index is 2.90. The van der Waals surface area contributed by atoms with Crippen LogP contribution in [0.5, 0.6) is 0 Å². The van der Waals surface area contributed by atoms with Gasteiger partial charge in [0.25, 0.3) is 0 Å². The normalized spacial score (nSPS) is 9.67. The molecule has 0 saturated heterocycles. The van der Waals surface area contributed by atoms with Crippen molar-refractivity contribution in [2.24, 2.45) is 0 Å². The van der Waals surface area contributed by atoms with Crippen molar-refractivity contribution in [3.8, 4) is 0 Å². The predicted molar refractivity (Wildman–Crippen MR) is 53.6 cm³/mol. The molecule has 0 radical (unpaired) electrons. The van der Waals surface area contributed by atoms with Crippen LogP contribution in [0.3, 0.4) is 0 Å². The maximum absolute atomic E-state index is 10.1. The Hall–Kier alpha value is -0.440. The number of aliphatic carboxylic acids is 1. The molecule has 0 aromatic rings. The van der Waals surface area contributed by atoms with Crippen molar-refractivity contribution in [1.82, 2.24) is 0 Å². The molecule has 3 heteroatoms. The average Bonchev–Trinajstić information content (AvgIpc) is 2.02. The second-order valence-corrected chi connectivity index (χ2v) is 3.77. The van der Waals surface area contributed by atoms with Crippen LogP contribution in [0.4, 0.5) is 0 Å². The maximum atomic E-state index is 10.1. The molecule has 0 spiro atoms. The summed E-state index contributed by atoms with van der Waals surface area (Å²) in [5.74, 6) is 1.39. The molecule has 0 fully saturated rings. The Labute approximate surface area is 78.0 Å². The summed E-state index contributed by atoms with van der Waals surface area (Å²) in [7, 11) is 0. The molecule has 70 valence electrons. The van der Waals surface area contributed by atoms with E-state index in [1.807, 2.05) is 17.8 Å². The van der Waals surface area contributed by atoms with Crippen molar-refractivity contribution in [3.05, 3.63) is 12.7 Å². The first-order chi connectivity index (χ1) is 5.77. The van der Waals surface area contributed by atoms with Gasteiger partial charge in [-0.3, -0.25) is 4.79 Å². The van der Waals surface area contributed by atoms with Crippen LogP contribution in [-0.2, 0) is 4.79 Å². The zero-order valence-corrected chi connectivity index (χ0v) is 8.11. The van der Waals surface area contributed by atoms with E-state index >= 15 is 0 Å². The van der Waals surface area contributed by atoms with E-state index in [2.05, 4.69) is 6.58 Å². The molecule has 0 aliphatic carbocycles. The van der Waals surface area contributed by atoms with Gasteiger partial charge < -0.3 is 5.11 Å². The van der Waals surface area contributed by atoms with Gasteiger partial charge >= 0.3 is 5.97 Å². The lowest BCUT2D eigenvalue weighted by Crippen LogP contribution is -1.95. The van der Waals surface area contributed by atoms with Crippen LogP contribution in [-0.4, -0.2) is 22.6 Å². The van der Waals surface area contributed by atoms with E-state index in [4.69, 9.17) is 5.11 Å². The molecule has 0 bridgehead atoms. The first-order valence-electron chi connectivity index (χ1n) is 4.18. The van der Waals surface area contributed by atoms with Crippen LogP contribution in [0, 0.1) is 0 Å². The lowest BCUT2D eigenvalue weighted by Gasteiger charge is -1.97. The molecule has 0 aromatic carbocycles. The Kier molecular flexibility index (Phi) is 8.34. The standard InChI is InChI=1S/C9H16O2S/c1-2-3-4-7-12-8-5-6-9(10)11/h2H,1,3-8H2,(H,10,11). The topological polar surface area (TPSA) is 37.3 Å². The third-order valence-electron chi connectivity index (χ3n) is 1.38. The number of carbonyl (C=O) groups is 1. The molecule has 0 atom stereocenters. The molecule has 0 amide bonds. The molecular formula is C9H16O2S. The van der Waals surface area contributed by atoms with Gasteiger partial charge in [-0.2, -0.15) is 11.8 Å². The molecule has 0 rings (SSSR count). The number of hydrogen-bond acceptors (Lipinski definition) is 2. The van der Waals surface area contributed by atoms with E-state index < -0.39 is 5.97 Å². The molecule has 0 aliphatic rings. The van der Waals surface area contributed by atoms with E-state index in [1.54, 1.807) is 0 Å². The fourth-order valence-electron chi connectivity index (χ4n) is 0.757. The minimum atomic E-state index is -0.693. The number of carboxylic acid groups (broad SMARTS) is 1. The smallest absolute Gasteiger partial charge is 0.303 e. The number of thioether (sulfide) groups is 1. The molecule has 0 saturated carbocycles. The first-order valence-corrected chi connectivity index (χ1v) is 5.33. The summed E-state index contributed by atoms with van der Waals surface area (Å²) in [5.41, 5.74) is 0. The molecule has 0 heterocycles. The highest BCUT2D eigenvalue weighted by atomic mass is 32.2. The summed E-state index contributed by atoms with van der Waals surface area (Å²) in [6.45, 7) is 3.63. The number of carboxylic acids is 1. The van der Waals surface area contributed by atoms with Gasteiger partial charge in [-0.1, -0.05) is 6.08 Å². The first kappa shape index (κ1) is 11.6. The van der Waals surface area contributed by atoms with Crippen molar-refractivity contribution >= 4 is 17.7 Å². The summed E-state index contributed by atoms with van der Waals surface area (Å²) in [5, 5.41) is 8.33. The lowest BCUT2D eigenvalue weighted by atomic mass is 10.3. The van der Waals surface area contributed by atoms with Crippen LogP contribution in [0.25, 0.3) is 0 Å². The van der Waals surface area contributed by atoms with Crippen LogP contribution in [0.2, 0.25) is 0 Å². The SMILES string of the molecule is C=CCCCSCCCC(=O)O. The lowest BCUT2D eigenvalue weighted by molar-refractivity contribution is -0.137. The quantitative estimate of drug-likeness (QED) is 0.470. The average molecular weight is 188 g/mol. The second-order valence-electron chi connectivity index (χ2n) is 2.54. The highest BCUT2D eigenvalue weighted by Gasteiger charge is 1.95. The number of hydrogen-bond donors (Lipinski definition) is 1. The van der Waals surface area contributed by atoms with Crippen molar-refractivity contribution < 1.29 is 9.90 Å². The van der Waals surface area contributed by atoms with Gasteiger partial charge in [-0.05, 0) is 30.8 Å². The molecule has 0 unspecified atom stereocenters. The van der Waals surface area contributed by atoms with Crippen molar-refractivity contribution in [3.63, 3.8) is 0 Å². The maximum Gasteiger partial charge on any atom is 0.303 e. The predicted octanol–water partition coefficient (Wildman–Crippen LogP) is 2.55. The monoisotopic (exact) mass is 188 g/mol. The minimum Gasteiger partial charge on any atom is -0.481 e. The Bertz CT molecular complexity index is 134.